The molecule has 0 N–H and O–H groups in total. The summed E-state index contributed by atoms with van der Waals surface area (Å²) in [5.41, 5.74) is -5.39. The van der Waals surface area contributed by atoms with Crippen LogP contribution in [-0.2, 0) is 10.1 Å². The van der Waals surface area contributed by atoms with Gasteiger partial charge in [-0.15, -0.1) is 0 Å². The predicted octanol–water partition coefficient (Wildman–Crippen LogP) is 5.61. The molecule has 4 nitrogen and oxygen atoms in total. The van der Waals surface area contributed by atoms with E-state index in [2.05, 4.69) is 27.7 Å². The maximum absolute atomic E-state index is 13.3. The van der Waals surface area contributed by atoms with E-state index in [9.17, 15) is 74.4 Å². The van der Waals surface area contributed by atoms with Gasteiger partial charge in [-0.1, -0.05) is 0 Å². The van der Waals surface area contributed by atoms with Crippen LogP contribution in [0.25, 0.3) is 0 Å². The van der Waals surface area contributed by atoms with Crippen molar-refractivity contribution in [3.05, 3.63) is 0 Å². The third-order valence-electron chi connectivity index (χ3n) is 6.05. The number of nitrogens with zero attached hydrogens (tertiary/aromatic N) is 1. The minimum absolute atomic E-state index is 1.28. The molecule has 0 aliphatic rings. The minimum atomic E-state index is -6.91. The molecule has 38 heavy (non-hydrogen) atoms. The summed E-state index contributed by atoms with van der Waals surface area (Å²) in [5, 5.41) is 0. The molecule has 8 atom stereocenters. The second kappa shape index (κ2) is 15.0. The average Bonchev–Trinajstić information content (AvgIpc) is 2.86. The summed E-state index contributed by atoms with van der Waals surface area (Å²) < 4.78 is 212. The van der Waals surface area contributed by atoms with E-state index in [0.717, 1.165) is 0 Å². The van der Waals surface area contributed by atoms with Crippen LogP contribution in [0.15, 0.2) is 0 Å². The van der Waals surface area contributed by atoms with Crippen LogP contribution in [0.5, 0.6) is 0 Å². The van der Waals surface area contributed by atoms with Crippen LogP contribution >= 0.6 is 0 Å². The molecule has 19 heteroatoms. The molecule has 0 aromatic carbocycles. The van der Waals surface area contributed by atoms with Gasteiger partial charge in [0.15, 0.2) is 37.0 Å². The van der Waals surface area contributed by atoms with E-state index in [1.807, 2.05) is 0 Å². The van der Waals surface area contributed by atoms with Crippen LogP contribution in [0.1, 0.15) is 27.7 Å². The summed E-state index contributed by atoms with van der Waals surface area (Å²) >= 11 is 0. The third-order valence-corrected chi connectivity index (χ3v) is 6.86. The van der Waals surface area contributed by atoms with Gasteiger partial charge in [0.2, 0.25) is 6.17 Å². The summed E-state index contributed by atoms with van der Waals surface area (Å²) in [6.45, 7) is 14.2. The van der Waals surface area contributed by atoms with Crippen molar-refractivity contribution in [3.63, 3.8) is 0 Å². The molecule has 0 aromatic heterocycles. The first-order chi connectivity index (χ1) is 17.0. The molecular weight excluding hydrogens is 588 g/mol. The van der Waals surface area contributed by atoms with Gasteiger partial charge < -0.3 is 9.04 Å². The molecule has 0 radical (unpaired) electrons. The number of hydrogen-bond donors (Lipinski definition) is 0. The fraction of sp³-hybridized carbons (Fsp3) is 1.00. The Morgan fingerprint density at radius 1 is 0.579 bits per heavy atom. The summed E-state index contributed by atoms with van der Waals surface area (Å²) in [6.07, 6.45) is -36.4. The Hall–Kier alpha value is -1.11. The summed E-state index contributed by atoms with van der Waals surface area (Å²) in [6, 6.07) is 0. The highest BCUT2D eigenvalue weighted by Gasteiger charge is 2.71. The quantitative estimate of drug-likeness (QED) is 0.136. The summed E-state index contributed by atoms with van der Waals surface area (Å²) in [4.78, 5) is 0. The smallest absolute Gasteiger partial charge is 0.356 e. The zero-order chi connectivity index (χ0) is 31.0. The van der Waals surface area contributed by atoms with Crippen LogP contribution in [0.3, 0.4) is 0 Å². The summed E-state index contributed by atoms with van der Waals surface area (Å²) in [7, 11) is -6.91. The van der Waals surface area contributed by atoms with Gasteiger partial charge in [0.05, 0.1) is 26.2 Å². The molecule has 0 heterocycles. The van der Waals surface area contributed by atoms with Crippen molar-refractivity contribution < 1.29 is 78.9 Å². The van der Waals surface area contributed by atoms with Crippen molar-refractivity contribution in [3.8, 4) is 0 Å². The van der Waals surface area contributed by atoms with Crippen LogP contribution in [0, 0.1) is 0 Å². The second-order valence-electron chi connectivity index (χ2n) is 8.06. The molecule has 0 rings (SSSR count). The predicted molar refractivity (Wildman–Crippen MR) is 107 cm³/mol. The van der Waals surface area contributed by atoms with E-state index in [-0.39, 0.29) is 0 Å². The molecule has 0 amide bonds. The van der Waals surface area contributed by atoms with Gasteiger partial charge >= 0.3 is 11.8 Å². The Labute approximate surface area is 210 Å². The normalized spacial score (nSPS) is 20.0. The third kappa shape index (κ3) is 9.23. The van der Waals surface area contributed by atoms with Crippen molar-refractivity contribution >= 4 is 10.1 Å². The van der Waals surface area contributed by atoms with E-state index >= 15 is 0 Å². The fourth-order valence-corrected chi connectivity index (χ4v) is 3.58. The van der Waals surface area contributed by atoms with Crippen molar-refractivity contribution in [1.82, 2.24) is 0 Å². The molecule has 0 saturated heterocycles. The number of halogens is 14. The van der Waals surface area contributed by atoms with Crippen molar-refractivity contribution in [1.29, 1.82) is 0 Å². The standard InChI is InChI=1S/C11H10F14O3S.C8H20N/c12-1(2(13)4(15)6(17)8(19)20)3(14)5(16)7(18)10(22,23)11(24,25)9(21)29(26,27)28;1-5-9(6-2,7-3)8-4/h1-9H,(H,26,27,28);5-8H2,1-4H3/q;+1/p-1. The van der Waals surface area contributed by atoms with Crippen molar-refractivity contribution in [2.24, 2.45) is 0 Å². The second-order valence-corrected chi connectivity index (χ2v) is 9.46. The van der Waals surface area contributed by atoms with Crippen LogP contribution in [0.4, 0.5) is 61.5 Å². The van der Waals surface area contributed by atoms with Crippen molar-refractivity contribution in [2.75, 3.05) is 26.2 Å². The molecule has 0 saturated carbocycles. The van der Waals surface area contributed by atoms with Gasteiger partial charge in [0.25, 0.3) is 11.9 Å². The first kappa shape index (κ1) is 39.0. The molecule has 0 fully saturated rings. The van der Waals surface area contributed by atoms with E-state index in [0.29, 0.717) is 0 Å². The summed E-state index contributed by atoms with van der Waals surface area (Å²) in [5.74, 6) is -13.7. The SMILES string of the molecule is CC[N+](CC)(CC)CC.O=S(=O)([O-])C(F)C(F)(F)C(F)(F)C(F)C(F)C(F)C(F)C(F)C(F)C(F)C(F)F. The number of hydrogen-bond acceptors (Lipinski definition) is 3. The Morgan fingerprint density at radius 2 is 0.868 bits per heavy atom. The lowest BCUT2D eigenvalue weighted by Gasteiger charge is -2.34. The first-order valence-corrected chi connectivity index (χ1v) is 12.4. The van der Waals surface area contributed by atoms with Gasteiger partial charge in [0, 0.05) is 0 Å². The zero-order valence-electron chi connectivity index (χ0n) is 20.4. The molecule has 0 aliphatic carbocycles. The van der Waals surface area contributed by atoms with Crippen LogP contribution in [-0.4, -0.2) is 111 Å². The lowest BCUT2D eigenvalue weighted by molar-refractivity contribution is -0.921. The van der Waals surface area contributed by atoms with Crippen LogP contribution in [0.2, 0.25) is 0 Å². The van der Waals surface area contributed by atoms with Crippen molar-refractivity contribution in [2.45, 2.75) is 94.7 Å². The molecule has 0 aliphatic heterocycles. The Kier molecular flexibility index (Phi) is 15.5. The molecular formula is C19H29F14NO3S. The topological polar surface area (TPSA) is 57.2 Å². The van der Waals surface area contributed by atoms with Gasteiger partial charge in [0.1, 0.15) is 10.1 Å². The highest BCUT2D eigenvalue weighted by atomic mass is 32.2. The van der Waals surface area contributed by atoms with Gasteiger partial charge in [-0.2, -0.15) is 17.6 Å². The maximum Gasteiger partial charge on any atom is 0.356 e. The van der Waals surface area contributed by atoms with Gasteiger partial charge in [-0.25, -0.2) is 52.3 Å². The van der Waals surface area contributed by atoms with Gasteiger partial charge in [-0.05, 0) is 27.7 Å². The highest BCUT2D eigenvalue weighted by molar-refractivity contribution is 7.86. The lowest BCUT2D eigenvalue weighted by atomic mass is 9.95. The largest absolute Gasteiger partial charge is 0.746 e. The minimum Gasteiger partial charge on any atom is -0.746 e. The molecule has 232 valence electrons. The number of rotatable bonds is 15. The van der Waals surface area contributed by atoms with E-state index in [4.69, 9.17) is 0 Å². The van der Waals surface area contributed by atoms with E-state index in [1.54, 1.807) is 0 Å². The molecule has 0 bridgehead atoms. The zero-order valence-corrected chi connectivity index (χ0v) is 21.2. The fourth-order valence-electron chi connectivity index (χ4n) is 3.06. The maximum atomic E-state index is 13.3. The van der Waals surface area contributed by atoms with Crippen LogP contribution < -0.4 is 0 Å². The lowest BCUT2D eigenvalue weighted by Crippen LogP contribution is -2.60. The molecule has 8 unspecified atom stereocenters. The monoisotopic (exact) mass is 617 g/mol. The first-order valence-electron chi connectivity index (χ1n) is 10.9. The Bertz CT molecular complexity index is 769. The molecule has 0 spiro atoms. The Balaban J connectivity index is 0. The van der Waals surface area contributed by atoms with E-state index in [1.165, 1.54) is 30.7 Å². The van der Waals surface area contributed by atoms with E-state index < -0.39 is 77.1 Å². The average molecular weight is 617 g/mol. The Morgan fingerprint density at radius 3 is 1.11 bits per heavy atom. The van der Waals surface area contributed by atoms with Gasteiger partial charge in [-0.3, -0.25) is 0 Å². The highest BCUT2D eigenvalue weighted by Crippen LogP contribution is 2.45. The molecule has 0 aromatic rings. The number of quaternary nitrogens is 1. The number of alkyl halides is 14.